The van der Waals surface area contributed by atoms with Gasteiger partial charge in [-0.15, -0.1) is 0 Å². The maximum absolute atomic E-state index is 12.2. The third-order valence-electron chi connectivity index (χ3n) is 4.10. The number of amides is 1. The Morgan fingerprint density at radius 3 is 2.78 bits per heavy atom. The minimum absolute atomic E-state index is 0.0655. The Hall–Kier alpha value is -2.79. The van der Waals surface area contributed by atoms with Crippen molar-refractivity contribution in [1.82, 2.24) is 10.3 Å². The van der Waals surface area contributed by atoms with E-state index in [9.17, 15) is 14.7 Å². The molecule has 0 saturated heterocycles. The quantitative estimate of drug-likeness (QED) is 0.633. The van der Waals surface area contributed by atoms with E-state index < -0.39 is 6.04 Å². The number of benzene rings is 2. The van der Waals surface area contributed by atoms with Crippen molar-refractivity contribution in [1.29, 1.82) is 0 Å². The van der Waals surface area contributed by atoms with Gasteiger partial charge < -0.3 is 15.4 Å². The summed E-state index contributed by atoms with van der Waals surface area (Å²) in [6.45, 7) is 0. The normalized spacial score (nSPS) is 16.4. The number of aromatic amines is 1. The predicted octanol–water partition coefficient (Wildman–Crippen LogP) is 3.17. The number of rotatable bonds is 2. The minimum atomic E-state index is -0.517. The van der Waals surface area contributed by atoms with Gasteiger partial charge in [0.2, 0.25) is 0 Å². The second kappa shape index (κ2) is 4.86. The number of H-pyrrole nitrogens is 1. The molecule has 0 fully saturated rings. The molecule has 1 aliphatic heterocycles. The number of halogens is 1. The fourth-order valence-corrected chi connectivity index (χ4v) is 3.29. The molecule has 3 aromatic rings. The topological polar surface area (TPSA) is 82.2 Å². The summed E-state index contributed by atoms with van der Waals surface area (Å²) in [5, 5.41) is 13.9. The van der Waals surface area contributed by atoms with Gasteiger partial charge in [-0.1, -0.05) is 11.6 Å². The number of carbonyl (C=O) groups is 2. The van der Waals surface area contributed by atoms with Gasteiger partial charge in [0, 0.05) is 27.1 Å². The zero-order chi connectivity index (χ0) is 16.1. The number of hydrogen-bond donors (Lipinski definition) is 3. The van der Waals surface area contributed by atoms with Crippen molar-refractivity contribution in [3.63, 3.8) is 0 Å². The van der Waals surface area contributed by atoms with Crippen molar-refractivity contribution < 1.29 is 14.7 Å². The fourth-order valence-electron chi connectivity index (χ4n) is 3.12. The Bertz CT molecular complexity index is 977. The third-order valence-corrected chi connectivity index (χ3v) is 4.34. The number of nitrogens with one attached hydrogen (secondary N) is 2. The second-order valence-electron chi connectivity index (χ2n) is 5.44. The molecule has 1 amide bonds. The molecular weight excluding hydrogens is 316 g/mol. The van der Waals surface area contributed by atoms with Crippen molar-refractivity contribution in [2.24, 2.45) is 0 Å². The van der Waals surface area contributed by atoms with E-state index in [1.54, 1.807) is 24.3 Å². The van der Waals surface area contributed by atoms with Crippen LogP contribution in [0.1, 0.15) is 38.0 Å². The highest BCUT2D eigenvalue weighted by Gasteiger charge is 2.33. The Labute approximate surface area is 135 Å². The number of carbonyl (C=O) groups excluding carboxylic acids is 2. The molecular formula is C17H11ClN2O3. The van der Waals surface area contributed by atoms with Crippen LogP contribution >= 0.6 is 11.6 Å². The van der Waals surface area contributed by atoms with E-state index in [-0.39, 0.29) is 11.7 Å². The van der Waals surface area contributed by atoms with Crippen LogP contribution in [0.3, 0.4) is 0 Å². The lowest BCUT2D eigenvalue weighted by atomic mass is 9.96. The molecule has 2 heterocycles. The van der Waals surface area contributed by atoms with Crippen LogP contribution in [0.15, 0.2) is 36.4 Å². The van der Waals surface area contributed by atoms with E-state index >= 15 is 0 Å². The van der Waals surface area contributed by atoms with E-state index in [4.69, 9.17) is 11.6 Å². The molecule has 1 aliphatic rings. The lowest BCUT2D eigenvalue weighted by Crippen LogP contribution is -2.20. The van der Waals surface area contributed by atoms with Crippen LogP contribution in [0.4, 0.5) is 0 Å². The summed E-state index contributed by atoms with van der Waals surface area (Å²) in [7, 11) is 0. The largest absolute Gasteiger partial charge is 0.508 e. The number of aldehydes is 1. The van der Waals surface area contributed by atoms with Crippen LogP contribution in [-0.4, -0.2) is 22.3 Å². The molecule has 4 rings (SSSR count). The average Bonchev–Trinajstić information content (AvgIpc) is 3.04. The zero-order valence-electron chi connectivity index (χ0n) is 11.8. The maximum Gasteiger partial charge on any atom is 0.252 e. The van der Waals surface area contributed by atoms with E-state index in [1.807, 2.05) is 0 Å². The number of hydrogen-bond acceptors (Lipinski definition) is 3. The molecule has 6 heteroatoms. The van der Waals surface area contributed by atoms with Crippen LogP contribution in [-0.2, 0) is 0 Å². The number of phenols is 1. The molecule has 0 spiro atoms. The highest BCUT2D eigenvalue weighted by atomic mass is 35.5. The van der Waals surface area contributed by atoms with Gasteiger partial charge in [0.1, 0.15) is 5.75 Å². The molecule has 0 aliphatic carbocycles. The zero-order valence-corrected chi connectivity index (χ0v) is 12.5. The third kappa shape index (κ3) is 2.01. The predicted molar refractivity (Wildman–Crippen MR) is 86.1 cm³/mol. The average molecular weight is 327 g/mol. The Morgan fingerprint density at radius 2 is 2.00 bits per heavy atom. The molecule has 5 nitrogen and oxygen atoms in total. The van der Waals surface area contributed by atoms with Gasteiger partial charge in [0.15, 0.2) is 6.29 Å². The first kappa shape index (κ1) is 13.8. The maximum atomic E-state index is 12.2. The van der Waals surface area contributed by atoms with Crippen molar-refractivity contribution in [3.05, 3.63) is 63.8 Å². The Kier molecular flexibility index (Phi) is 2.92. The summed E-state index contributed by atoms with van der Waals surface area (Å²) < 4.78 is 0. The van der Waals surface area contributed by atoms with Crippen molar-refractivity contribution in [3.8, 4) is 5.75 Å². The van der Waals surface area contributed by atoms with E-state index in [1.165, 1.54) is 12.1 Å². The molecule has 2 aromatic carbocycles. The fraction of sp³-hybridized carbons (Fsp3) is 0.0588. The van der Waals surface area contributed by atoms with Crippen molar-refractivity contribution in [2.75, 3.05) is 0 Å². The molecule has 1 atom stereocenters. The monoisotopic (exact) mass is 326 g/mol. The molecule has 0 saturated carbocycles. The summed E-state index contributed by atoms with van der Waals surface area (Å²) in [6, 6.07) is 9.33. The van der Waals surface area contributed by atoms with Gasteiger partial charge in [-0.3, -0.25) is 9.59 Å². The summed E-state index contributed by atoms with van der Waals surface area (Å²) >= 11 is 6.07. The number of aromatic nitrogens is 1. The molecule has 0 radical (unpaired) electrons. The Balaban J connectivity index is 2.01. The van der Waals surface area contributed by atoms with Gasteiger partial charge in [0.25, 0.3) is 5.91 Å². The summed E-state index contributed by atoms with van der Waals surface area (Å²) in [6.07, 6.45) is 0.718. The highest BCUT2D eigenvalue weighted by Crippen LogP contribution is 2.38. The number of fused-ring (bicyclic) bond motifs is 2. The highest BCUT2D eigenvalue weighted by molar-refractivity contribution is 6.31. The smallest absolute Gasteiger partial charge is 0.252 e. The SMILES string of the molecule is O=Cc1[nH]c2ccc(Cl)cc2c1C1NC(=O)c2ccc(O)cc21. The molecule has 1 unspecified atom stereocenters. The van der Waals surface area contributed by atoms with Gasteiger partial charge in [-0.25, -0.2) is 0 Å². The lowest BCUT2D eigenvalue weighted by molar-refractivity contribution is 0.0959. The van der Waals surface area contributed by atoms with Crippen molar-refractivity contribution in [2.45, 2.75) is 6.04 Å². The molecule has 3 N–H and O–H groups in total. The molecule has 1 aromatic heterocycles. The van der Waals surface area contributed by atoms with Crippen LogP contribution in [0.2, 0.25) is 5.02 Å². The number of phenolic OH excluding ortho intramolecular Hbond substituents is 1. The minimum Gasteiger partial charge on any atom is -0.508 e. The van der Waals surface area contributed by atoms with E-state index in [0.29, 0.717) is 27.4 Å². The van der Waals surface area contributed by atoms with Gasteiger partial charge in [0.05, 0.1) is 11.7 Å². The lowest BCUT2D eigenvalue weighted by Gasteiger charge is -2.12. The standard InChI is InChI=1S/C17H11ClN2O3/c18-8-1-4-13-12(5-8)15(14(7-21)19-13)16-11-6-9(22)2-3-10(11)17(23)20-16/h1-7,16,19,22H,(H,20,23). The first-order valence-electron chi connectivity index (χ1n) is 6.98. The molecule has 23 heavy (non-hydrogen) atoms. The number of aromatic hydroxyl groups is 1. The summed E-state index contributed by atoms with van der Waals surface area (Å²) in [4.78, 5) is 26.7. The molecule has 114 valence electrons. The first-order valence-corrected chi connectivity index (χ1v) is 7.36. The van der Waals surface area contributed by atoms with Crippen LogP contribution < -0.4 is 5.32 Å². The van der Waals surface area contributed by atoms with E-state index in [0.717, 1.165) is 17.2 Å². The molecule has 0 bridgehead atoms. The first-order chi connectivity index (χ1) is 11.1. The van der Waals surface area contributed by atoms with Crippen LogP contribution in [0.5, 0.6) is 5.75 Å². The van der Waals surface area contributed by atoms with Crippen LogP contribution in [0, 0.1) is 0 Å². The Morgan fingerprint density at radius 1 is 1.17 bits per heavy atom. The van der Waals surface area contributed by atoms with Gasteiger partial charge >= 0.3 is 0 Å². The van der Waals surface area contributed by atoms with Gasteiger partial charge in [-0.2, -0.15) is 0 Å². The van der Waals surface area contributed by atoms with E-state index in [2.05, 4.69) is 10.3 Å². The van der Waals surface area contributed by atoms with Crippen molar-refractivity contribution >= 4 is 34.7 Å². The summed E-state index contributed by atoms with van der Waals surface area (Å²) in [5.74, 6) is -0.172. The van der Waals surface area contributed by atoms with Crippen LogP contribution in [0.25, 0.3) is 10.9 Å². The van der Waals surface area contributed by atoms with Gasteiger partial charge in [-0.05, 0) is 42.0 Å². The second-order valence-corrected chi connectivity index (χ2v) is 5.87. The summed E-state index contributed by atoms with van der Waals surface area (Å²) in [5.41, 5.74) is 2.91.